The number of benzene rings is 1. The third-order valence-corrected chi connectivity index (χ3v) is 4.92. The minimum atomic E-state index is -1.35. The van der Waals surface area contributed by atoms with Crippen molar-refractivity contribution in [2.75, 3.05) is 20.3 Å². The van der Waals surface area contributed by atoms with Crippen molar-refractivity contribution >= 4 is 44.9 Å². The minimum absolute atomic E-state index is 0. The predicted octanol–water partition coefficient (Wildman–Crippen LogP) is 2.06. The molecule has 7 nitrogen and oxygen atoms in total. The smallest absolute Gasteiger partial charge is 0.870 e. The van der Waals surface area contributed by atoms with Crippen LogP contribution in [0.5, 0.6) is 5.75 Å². The summed E-state index contributed by atoms with van der Waals surface area (Å²) in [5, 5.41) is 0.341. The van der Waals surface area contributed by atoms with Crippen LogP contribution in [0.1, 0.15) is 17.7 Å². The molecule has 0 aliphatic carbocycles. The fourth-order valence-corrected chi connectivity index (χ4v) is 3.49. The molecule has 27 heavy (non-hydrogen) atoms. The van der Waals surface area contributed by atoms with Gasteiger partial charge in [-0.25, -0.2) is 0 Å². The second kappa shape index (κ2) is 11.3. The van der Waals surface area contributed by atoms with Gasteiger partial charge in [0.25, 0.3) is 0 Å². The molecule has 3 rings (SSSR count). The Morgan fingerprint density at radius 1 is 1.19 bits per heavy atom. The summed E-state index contributed by atoms with van der Waals surface area (Å²) in [4.78, 5) is 13.0. The number of hydrogen-bond donors (Lipinski definition) is 0. The fraction of sp³-hybridized carbons (Fsp3) is 0.333. The van der Waals surface area contributed by atoms with Crippen molar-refractivity contribution in [3.8, 4) is 5.75 Å². The summed E-state index contributed by atoms with van der Waals surface area (Å²) in [7, 11) is 0.312. The van der Waals surface area contributed by atoms with Crippen molar-refractivity contribution in [1.82, 2.24) is 15.0 Å². The molecule has 1 N–H and O–H groups in total. The van der Waals surface area contributed by atoms with E-state index in [0.717, 1.165) is 34.5 Å². The van der Waals surface area contributed by atoms with Crippen LogP contribution in [-0.2, 0) is 21.3 Å². The van der Waals surface area contributed by atoms with Crippen molar-refractivity contribution in [3.05, 3.63) is 47.8 Å². The summed E-state index contributed by atoms with van der Waals surface area (Å²) in [6, 6.07) is 9.32. The van der Waals surface area contributed by atoms with Crippen LogP contribution in [0.25, 0.3) is 11.0 Å². The topological polar surface area (TPSA) is 105 Å². The predicted molar refractivity (Wildman–Crippen MR) is 104 cm³/mol. The Kier molecular flexibility index (Phi) is 9.88. The van der Waals surface area contributed by atoms with Gasteiger partial charge in [-0.3, -0.25) is 9.19 Å². The van der Waals surface area contributed by atoms with Crippen LogP contribution in [-0.4, -0.2) is 63.0 Å². The summed E-state index contributed by atoms with van der Waals surface area (Å²) < 4.78 is 23.4. The molecule has 140 valence electrons. The molecule has 0 amide bonds. The Morgan fingerprint density at radius 3 is 2.70 bits per heavy atom. The quantitative estimate of drug-likeness (QED) is 0.421. The van der Waals surface area contributed by atoms with Gasteiger partial charge in [-0.15, -0.1) is 0 Å². The van der Waals surface area contributed by atoms with E-state index < -0.39 is 10.8 Å². The van der Waals surface area contributed by atoms with Crippen LogP contribution in [0.4, 0.5) is 0 Å². The third kappa shape index (κ3) is 5.98. The second-order valence-electron chi connectivity index (χ2n) is 5.56. The van der Waals surface area contributed by atoms with Gasteiger partial charge in [-0.2, -0.15) is 0 Å². The first-order valence-electron chi connectivity index (χ1n) is 8.03. The minimum Gasteiger partial charge on any atom is -0.870 e. The van der Waals surface area contributed by atoms with E-state index in [1.807, 2.05) is 37.3 Å². The van der Waals surface area contributed by atoms with Crippen molar-refractivity contribution in [2.24, 2.45) is 0 Å². The maximum absolute atomic E-state index is 12.6. The van der Waals surface area contributed by atoms with Gasteiger partial charge in [0.2, 0.25) is 0 Å². The Labute approximate surface area is 176 Å². The first-order chi connectivity index (χ1) is 12.2. The van der Waals surface area contributed by atoms with E-state index in [4.69, 9.17) is 9.47 Å². The number of para-hydroxylation sites is 2. The van der Waals surface area contributed by atoms with Crippen LogP contribution in [0, 0.1) is 6.92 Å². The van der Waals surface area contributed by atoms with Gasteiger partial charge in [0.05, 0.1) is 28.9 Å². The van der Waals surface area contributed by atoms with Crippen LogP contribution in [0.15, 0.2) is 41.7 Å². The van der Waals surface area contributed by atoms with E-state index in [1.54, 1.807) is 13.3 Å². The average Bonchev–Trinajstić information content (AvgIpc) is 3.06. The zero-order chi connectivity index (χ0) is 17.6. The normalized spacial score (nSPS) is 11.5. The molecule has 0 spiro atoms. The van der Waals surface area contributed by atoms with Crippen molar-refractivity contribution in [3.63, 3.8) is 0 Å². The Hall–Kier alpha value is -1.52. The molecular weight excluding hydrogens is 379 g/mol. The van der Waals surface area contributed by atoms with Gasteiger partial charge in [-0.1, -0.05) is 24.3 Å². The third-order valence-electron chi connectivity index (χ3n) is 3.79. The number of hydrogen-bond acceptors (Lipinski definition) is 6. The zero-order valence-corrected chi connectivity index (χ0v) is 17.7. The Balaban J connectivity index is 0.00000182. The largest absolute Gasteiger partial charge is 2.00 e. The Bertz CT molecular complexity index is 855. The van der Waals surface area contributed by atoms with Gasteiger partial charge in [0, 0.05) is 37.1 Å². The summed E-state index contributed by atoms with van der Waals surface area (Å²) in [6.07, 6.45) is 2.49. The fourth-order valence-electron chi connectivity index (χ4n) is 2.42. The van der Waals surface area contributed by atoms with E-state index >= 15 is 0 Å². The SMILES string of the molecule is COCCCOc1ccnc(CS(=O)c2nc3ccccc3[n-]2)c1C.[Mg+2].[OH-]. The van der Waals surface area contributed by atoms with Crippen molar-refractivity contribution in [2.45, 2.75) is 24.3 Å². The summed E-state index contributed by atoms with van der Waals surface area (Å²) >= 11 is 0. The number of pyridine rings is 1. The van der Waals surface area contributed by atoms with E-state index in [-0.39, 0.29) is 34.3 Å². The number of imidazole rings is 1. The molecule has 0 bridgehead atoms. The molecule has 1 atom stereocenters. The summed E-state index contributed by atoms with van der Waals surface area (Å²) in [6.45, 7) is 3.15. The van der Waals surface area contributed by atoms with Crippen LogP contribution >= 0.6 is 0 Å². The van der Waals surface area contributed by atoms with Gasteiger partial charge in [0.1, 0.15) is 5.75 Å². The van der Waals surface area contributed by atoms with E-state index in [2.05, 4.69) is 15.0 Å². The summed E-state index contributed by atoms with van der Waals surface area (Å²) in [5.74, 6) is 1.02. The molecular formula is C18H21MgN3O4S. The molecule has 2 heterocycles. The van der Waals surface area contributed by atoms with E-state index in [0.29, 0.717) is 18.4 Å². The standard InChI is InChI=1S/C18H20N3O3S.Mg.H2O/c1-13-16(19-9-8-17(13)24-11-5-10-23-2)12-25(22)18-20-14-6-3-4-7-15(14)21-18;;/h3-4,6-9H,5,10-12H2,1-2H3;;1H2/q-1;+2;/p-1. The molecule has 1 aromatic carbocycles. The van der Waals surface area contributed by atoms with Crippen molar-refractivity contribution in [1.29, 1.82) is 0 Å². The molecule has 0 aliphatic rings. The maximum atomic E-state index is 12.6. The number of nitrogens with zero attached hydrogens (tertiary/aromatic N) is 3. The number of methoxy groups -OCH3 is 1. The first-order valence-corrected chi connectivity index (χ1v) is 9.35. The summed E-state index contributed by atoms with van der Waals surface area (Å²) in [5.41, 5.74) is 3.14. The Morgan fingerprint density at radius 2 is 1.96 bits per heavy atom. The second-order valence-corrected chi connectivity index (χ2v) is 6.91. The van der Waals surface area contributed by atoms with Gasteiger partial charge in [-0.05, 0) is 24.0 Å². The monoisotopic (exact) mass is 399 g/mol. The first kappa shape index (κ1) is 23.5. The molecule has 9 heteroatoms. The molecule has 0 fully saturated rings. The van der Waals surface area contributed by atoms with E-state index in [1.165, 1.54) is 0 Å². The number of ether oxygens (including phenoxy) is 2. The van der Waals surface area contributed by atoms with Gasteiger partial charge >= 0.3 is 23.1 Å². The van der Waals surface area contributed by atoms with Gasteiger partial charge in [0.15, 0.2) is 0 Å². The molecule has 0 radical (unpaired) electrons. The molecule has 0 saturated heterocycles. The van der Waals surface area contributed by atoms with Crippen molar-refractivity contribution < 1.29 is 19.2 Å². The van der Waals surface area contributed by atoms with Crippen LogP contribution in [0.2, 0.25) is 0 Å². The molecule has 3 aromatic rings. The number of aromatic nitrogens is 3. The number of fused-ring (bicyclic) bond motifs is 1. The zero-order valence-electron chi connectivity index (χ0n) is 15.4. The average molecular weight is 400 g/mol. The molecule has 2 aromatic heterocycles. The molecule has 0 aliphatic heterocycles. The van der Waals surface area contributed by atoms with E-state index in [9.17, 15) is 4.21 Å². The maximum Gasteiger partial charge on any atom is 2.00 e. The van der Waals surface area contributed by atoms with Crippen LogP contribution < -0.4 is 9.72 Å². The van der Waals surface area contributed by atoms with Gasteiger partial charge < -0.3 is 24.9 Å². The van der Waals surface area contributed by atoms with Crippen LogP contribution in [0.3, 0.4) is 0 Å². The molecule has 1 unspecified atom stereocenters. The number of rotatable bonds is 8. The molecule has 0 saturated carbocycles.